The molecule has 0 bridgehead atoms. The van der Waals surface area contributed by atoms with E-state index in [4.69, 9.17) is 4.74 Å². The van der Waals surface area contributed by atoms with Crippen LogP contribution in [0.2, 0.25) is 0 Å². The molecule has 2 atom stereocenters. The monoisotopic (exact) mass is 236 g/mol. The van der Waals surface area contributed by atoms with Gasteiger partial charge in [0.05, 0.1) is 6.10 Å². The van der Waals surface area contributed by atoms with Crippen LogP contribution >= 0.6 is 0 Å². The van der Waals surface area contributed by atoms with E-state index in [2.05, 4.69) is 26.5 Å². The molecular weight excluding hydrogens is 212 g/mol. The van der Waals surface area contributed by atoms with Gasteiger partial charge in [-0.25, -0.2) is 0 Å². The van der Waals surface area contributed by atoms with Crippen molar-refractivity contribution in [3.63, 3.8) is 0 Å². The number of ether oxygens (including phenoxy) is 1. The first kappa shape index (κ1) is 14.2. The van der Waals surface area contributed by atoms with Gasteiger partial charge in [-0.1, -0.05) is 32.1 Å². The van der Waals surface area contributed by atoms with Crippen molar-refractivity contribution in [2.24, 2.45) is 5.41 Å². The number of hydrogen-bond acceptors (Lipinski definition) is 2. The minimum atomic E-state index is -0.717. The molecule has 0 unspecified atom stereocenters. The fraction of sp³-hybridized carbons (Fsp3) is 0.667. The van der Waals surface area contributed by atoms with E-state index in [0.717, 1.165) is 12.8 Å². The van der Waals surface area contributed by atoms with Crippen LogP contribution in [-0.2, 0) is 9.53 Å². The molecule has 2 nitrogen and oxygen atoms in total. The zero-order valence-electron chi connectivity index (χ0n) is 11.5. The smallest absolute Gasteiger partial charge is 0.165 e. The highest BCUT2D eigenvalue weighted by molar-refractivity contribution is 5.88. The lowest BCUT2D eigenvalue weighted by Gasteiger charge is -2.46. The van der Waals surface area contributed by atoms with Crippen molar-refractivity contribution in [1.29, 1.82) is 0 Å². The highest BCUT2D eigenvalue weighted by Crippen LogP contribution is 2.41. The summed E-state index contributed by atoms with van der Waals surface area (Å²) in [5.41, 5.74) is -0.996. The second-order valence-electron chi connectivity index (χ2n) is 5.48. The second kappa shape index (κ2) is 5.18. The predicted octanol–water partition coefficient (Wildman–Crippen LogP) is 3.67. The molecule has 0 spiro atoms. The summed E-state index contributed by atoms with van der Waals surface area (Å²) in [6.45, 7) is 11.7. The SMILES string of the molecule is C=CC[C@@H]1CCC(=O)[C@](C)(C(C)(C)/C=C/C)O1. The van der Waals surface area contributed by atoms with E-state index in [0.29, 0.717) is 6.42 Å². The number of carbonyl (C=O) groups is 1. The Bertz CT molecular complexity index is 328. The Hall–Kier alpha value is -0.890. The number of hydrogen-bond donors (Lipinski definition) is 0. The van der Waals surface area contributed by atoms with Crippen LogP contribution in [0.4, 0.5) is 0 Å². The third kappa shape index (κ3) is 2.68. The van der Waals surface area contributed by atoms with Gasteiger partial charge in [0, 0.05) is 11.8 Å². The zero-order valence-corrected chi connectivity index (χ0v) is 11.5. The third-order valence-corrected chi connectivity index (χ3v) is 3.87. The summed E-state index contributed by atoms with van der Waals surface area (Å²) in [7, 11) is 0. The highest BCUT2D eigenvalue weighted by Gasteiger charge is 2.49. The van der Waals surface area contributed by atoms with Crippen LogP contribution < -0.4 is 0 Å². The maximum Gasteiger partial charge on any atom is 0.165 e. The van der Waals surface area contributed by atoms with E-state index in [-0.39, 0.29) is 17.3 Å². The minimum Gasteiger partial charge on any atom is -0.363 e. The maximum atomic E-state index is 12.2. The Labute approximate surface area is 105 Å². The fourth-order valence-electron chi connectivity index (χ4n) is 2.43. The van der Waals surface area contributed by atoms with Crippen molar-refractivity contribution >= 4 is 5.78 Å². The van der Waals surface area contributed by atoms with Crippen LogP contribution in [-0.4, -0.2) is 17.5 Å². The van der Waals surface area contributed by atoms with E-state index in [1.807, 2.05) is 26.0 Å². The molecule has 2 heteroatoms. The Morgan fingerprint density at radius 3 is 2.76 bits per heavy atom. The first-order valence-electron chi connectivity index (χ1n) is 6.33. The standard InChI is InChI=1S/C15H24O2/c1-6-8-12-9-10-13(16)15(5,17-12)14(3,4)11-7-2/h6-7,11-12H,1,8-10H2,2-5H3/b11-7+/t12-,15-/m1/s1. The van der Waals surface area contributed by atoms with Gasteiger partial charge in [0.2, 0.25) is 0 Å². The van der Waals surface area contributed by atoms with Crippen molar-refractivity contribution in [2.75, 3.05) is 0 Å². The Morgan fingerprint density at radius 2 is 2.24 bits per heavy atom. The quantitative estimate of drug-likeness (QED) is 0.696. The molecule has 1 saturated heterocycles. The van der Waals surface area contributed by atoms with E-state index in [1.165, 1.54) is 0 Å². The van der Waals surface area contributed by atoms with Crippen molar-refractivity contribution < 1.29 is 9.53 Å². The van der Waals surface area contributed by atoms with Crippen LogP contribution in [0.3, 0.4) is 0 Å². The molecule has 1 aliphatic heterocycles. The number of allylic oxidation sites excluding steroid dienone is 1. The van der Waals surface area contributed by atoms with Crippen LogP contribution in [0.1, 0.15) is 47.0 Å². The topological polar surface area (TPSA) is 26.3 Å². The van der Waals surface area contributed by atoms with E-state index in [1.54, 1.807) is 0 Å². The van der Waals surface area contributed by atoms with Gasteiger partial charge in [0.15, 0.2) is 5.78 Å². The van der Waals surface area contributed by atoms with Crippen LogP contribution in [0.25, 0.3) is 0 Å². The molecule has 0 aromatic heterocycles. The normalized spacial score (nSPS) is 30.8. The van der Waals surface area contributed by atoms with Crippen LogP contribution in [0, 0.1) is 5.41 Å². The van der Waals surface area contributed by atoms with E-state index >= 15 is 0 Å². The van der Waals surface area contributed by atoms with Gasteiger partial charge in [-0.15, -0.1) is 6.58 Å². The average molecular weight is 236 g/mol. The first-order chi connectivity index (χ1) is 7.87. The van der Waals surface area contributed by atoms with Crippen molar-refractivity contribution in [3.8, 4) is 0 Å². The third-order valence-electron chi connectivity index (χ3n) is 3.87. The molecule has 0 amide bonds. The van der Waals surface area contributed by atoms with Crippen molar-refractivity contribution in [1.82, 2.24) is 0 Å². The largest absolute Gasteiger partial charge is 0.363 e. The highest BCUT2D eigenvalue weighted by atomic mass is 16.5. The molecule has 0 aromatic rings. The molecule has 0 aliphatic carbocycles. The molecule has 0 saturated carbocycles. The molecule has 1 rings (SSSR count). The fourth-order valence-corrected chi connectivity index (χ4v) is 2.43. The molecule has 1 fully saturated rings. The van der Waals surface area contributed by atoms with Gasteiger partial charge in [0.1, 0.15) is 5.60 Å². The predicted molar refractivity (Wildman–Crippen MR) is 70.9 cm³/mol. The maximum absolute atomic E-state index is 12.2. The van der Waals surface area contributed by atoms with E-state index < -0.39 is 5.60 Å². The van der Waals surface area contributed by atoms with Gasteiger partial charge in [0.25, 0.3) is 0 Å². The van der Waals surface area contributed by atoms with Gasteiger partial charge < -0.3 is 4.74 Å². The molecule has 1 heterocycles. The number of carbonyl (C=O) groups excluding carboxylic acids is 1. The van der Waals surface area contributed by atoms with Crippen molar-refractivity contribution in [2.45, 2.75) is 58.7 Å². The summed E-state index contributed by atoms with van der Waals surface area (Å²) < 4.78 is 6.07. The summed E-state index contributed by atoms with van der Waals surface area (Å²) in [4.78, 5) is 12.2. The Balaban J connectivity index is 2.97. The summed E-state index contributed by atoms with van der Waals surface area (Å²) in [6, 6.07) is 0. The number of ketones is 1. The first-order valence-corrected chi connectivity index (χ1v) is 6.33. The van der Waals surface area contributed by atoms with Crippen LogP contribution in [0.15, 0.2) is 24.8 Å². The minimum absolute atomic E-state index is 0.125. The average Bonchev–Trinajstić information content (AvgIpc) is 2.24. The summed E-state index contributed by atoms with van der Waals surface area (Å²) in [5.74, 6) is 0.209. The lowest BCUT2D eigenvalue weighted by molar-refractivity contribution is -0.179. The molecule has 1 aliphatic rings. The van der Waals surface area contributed by atoms with Gasteiger partial charge in [-0.2, -0.15) is 0 Å². The van der Waals surface area contributed by atoms with Gasteiger partial charge in [-0.3, -0.25) is 4.79 Å². The summed E-state index contributed by atoms with van der Waals surface area (Å²) in [5, 5.41) is 0. The molecule has 0 aromatic carbocycles. The van der Waals surface area contributed by atoms with Gasteiger partial charge >= 0.3 is 0 Å². The van der Waals surface area contributed by atoms with E-state index in [9.17, 15) is 4.79 Å². The zero-order chi connectivity index (χ0) is 13.1. The van der Waals surface area contributed by atoms with Gasteiger partial charge in [-0.05, 0) is 26.7 Å². The molecule has 96 valence electrons. The molecule has 0 N–H and O–H groups in total. The van der Waals surface area contributed by atoms with Crippen molar-refractivity contribution in [3.05, 3.63) is 24.8 Å². The molecule has 17 heavy (non-hydrogen) atoms. The van der Waals surface area contributed by atoms with Crippen LogP contribution in [0.5, 0.6) is 0 Å². The summed E-state index contributed by atoms with van der Waals surface area (Å²) in [6.07, 6.45) is 8.26. The molecular formula is C15H24O2. The number of rotatable bonds is 4. The lowest BCUT2D eigenvalue weighted by atomic mass is 9.70. The molecule has 0 radical (unpaired) electrons. The summed E-state index contributed by atoms with van der Waals surface area (Å²) >= 11 is 0. The number of Topliss-reactive ketones (excluding diaryl/α,β-unsaturated/α-hetero) is 1. The second-order valence-corrected chi connectivity index (χ2v) is 5.48. The Kier molecular flexibility index (Phi) is 4.31. The lowest BCUT2D eigenvalue weighted by Crippen LogP contribution is -2.55. The Morgan fingerprint density at radius 1 is 1.59 bits per heavy atom.